The molecule has 0 saturated carbocycles. The molecule has 150 valence electrons. The van der Waals surface area contributed by atoms with Crippen molar-refractivity contribution in [3.63, 3.8) is 0 Å². The summed E-state index contributed by atoms with van der Waals surface area (Å²) in [7, 11) is 0. The molecule has 30 heavy (non-hydrogen) atoms. The number of carbonyl (C=O) groups is 2. The summed E-state index contributed by atoms with van der Waals surface area (Å²) in [6, 6.07) is 16.8. The van der Waals surface area contributed by atoms with Crippen LogP contribution in [0.15, 0.2) is 67.0 Å². The minimum Gasteiger partial charge on any atom is -0.449 e. The van der Waals surface area contributed by atoms with E-state index in [0.29, 0.717) is 11.3 Å². The number of nitrogens with zero attached hydrogens (tertiary/aromatic N) is 2. The number of carbonyl (C=O) groups excluding carboxylic acids is 2. The summed E-state index contributed by atoms with van der Waals surface area (Å²) in [4.78, 5) is 33.0. The van der Waals surface area contributed by atoms with Crippen LogP contribution in [-0.2, 0) is 9.53 Å². The van der Waals surface area contributed by atoms with Crippen LogP contribution in [0.4, 0.5) is 5.69 Å². The highest BCUT2D eigenvalue weighted by Crippen LogP contribution is 2.31. The van der Waals surface area contributed by atoms with Gasteiger partial charge >= 0.3 is 5.97 Å². The molecule has 2 aromatic carbocycles. The fraction of sp³-hybridized carbons (Fsp3) is 0.130. The molecule has 6 nitrogen and oxygen atoms in total. The summed E-state index contributed by atoms with van der Waals surface area (Å²) in [6.07, 6.45) is 2.02. The lowest BCUT2D eigenvalue weighted by molar-refractivity contribution is -0.123. The minimum absolute atomic E-state index is 0.299. The summed E-state index contributed by atoms with van der Waals surface area (Å²) < 4.78 is 6.35. The van der Waals surface area contributed by atoms with Crippen LogP contribution >= 0.6 is 11.3 Å². The number of esters is 1. The van der Waals surface area contributed by atoms with E-state index in [1.165, 1.54) is 18.7 Å². The Bertz CT molecular complexity index is 1200. The van der Waals surface area contributed by atoms with E-state index in [2.05, 4.69) is 28.3 Å². The molecule has 0 aliphatic heterocycles. The molecule has 0 aliphatic rings. The smallest absolute Gasteiger partial charge is 0.340 e. The number of thiazole rings is 1. The molecule has 0 fully saturated rings. The first-order valence-electron chi connectivity index (χ1n) is 9.39. The number of benzene rings is 2. The lowest BCUT2D eigenvalue weighted by Crippen LogP contribution is -2.30. The second-order valence-electron chi connectivity index (χ2n) is 6.85. The molecule has 7 heteroatoms. The number of aromatic nitrogens is 2. The zero-order chi connectivity index (χ0) is 21.1. The summed E-state index contributed by atoms with van der Waals surface area (Å²) in [5.41, 5.74) is 4.07. The number of amides is 1. The molecular formula is C23H19N3O3S. The zero-order valence-electron chi connectivity index (χ0n) is 16.5. The molecular weight excluding hydrogens is 398 g/mol. The van der Waals surface area contributed by atoms with Crippen LogP contribution in [0, 0.1) is 6.92 Å². The lowest BCUT2D eigenvalue weighted by atomic mass is 10.2. The van der Waals surface area contributed by atoms with Crippen molar-refractivity contribution in [2.45, 2.75) is 20.0 Å². The van der Waals surface area contributed by atoms with E-state index in [4.69, 9.17) is 4.74 Å². The van der Waals surface area contributed by atoms with Crippen molar-refractivity contribution in [3.8, 4) is 10.6 Å². The maximum absolute atomic E-state index is 12.4. The molecule has 0 saturated heterocycles. The van der Waals surface area contributed by atoms with Gasteiger partial charge in [-0.15, -0.1) is 11.3 Å². The van der Waals surface area contributed by atoms with Gasteiger partial charge in [-0.25, -0.2) is 9.78 Å². The monoisotopic (exact) mass is 417 g/mol. The van der Waals surface area contributed by atoms with Crippen LogP contribution in [0.2, 0.25) is 0 Å². The Balaban J connectivity index is 1.41. The van der Waals surface area contributed by atoms with Crippen molar-refractivity contribution < 1.29 is 14.3 Å². The third-order valence-electron chi connectivity index (χ3n) is 4.49. The number of ether oxygens (including phenoxy) is 1. The van der Waals surface area contributed by atoms with E-state index in [-0.39, 0.29) is 0 Å². The van der Waals surface area contributed by atoms with Gasteiger partial charge in [0.05, 0.1) is 15.8 Å². The molecule has 0 spiro atoms. The minimum atomic E-state index is -0.940. The van der Waals surface area contributed by atoms with Gasteiger partial charge in [-0.2, -0.15) is 0 Å². The predicted molar refractivity (Wildman–Crippen MR) is 118 cm³/mol. The maximum Gasteiger partial charge on any atom is 0.340 e. The number of aryl methyl sites for hydroxylation is 1. The first kappa shape index (κ1) is 19.7. The van der Waals surface area contributed by atoms with Gasteiger partial charge in [0.1, 0.15) is 5.01 Å². The summed E-state index contributed by atoms with van der Waals surface area (Å²) >= 11 is 1.63. The molecule has 2 aromatic heterocycles. The Morgan fingerprint density at radius 3 is 2.63 bits per heavy atom. The number of nitrogens with one attached hydrogen (secondary N) is 1. The Hall–Kier alpha value is -3.58. The standard InChI is InChI=1S/C23H19N3O3S/c1-14-5-10-19-20(12-14)30-22(26-19)16-6-8-18(9-7-16)25-21(27)15(2)29-23(28)17-4-3-11-24-13-17/h3-13,15H,1-2H3,(H,25,27)/t15-/m0/s1. The van der Waals surface area contributed by atoms with Gasteiger partial charge in [-0.05, 0) is 67.9 Å². The molecule has 2 heterocycles. The molecule has 1 amide bonds. The van der Waals surface area contributed by atoms with Gasteiger partial charge in [-0.3, -0.25) is 9.78 Å². The van der Waals surface area contributed by atoms with Crippen molar-refractivity contribution in [2.24, 2.45) is 0 Å². The summed E-state index contributed by atoms with van der Waals surface area (Å²) in [5, 5.41) is 3.69. The highest BCUT2D eigenvalue weighted by atomic mass is 32.1. The maximum atomic E-state index is 12.4. The quantitative estimate of drug-likeness (QED) is 0.470. The molecule has 4 aromatic rings. The molecule has 0 aliphatic carbocycles. The van der Waals surface area contributed by atoms with Crippen LogP contribution in [-0.4, -0.2) is 27.9 Å². The molecule has 0 radical (unpaired) electrons. The van der Waals surface area contributed by atoms with Crippen molar-refractivity contribution >= 4 is 39.1 Å². The van der Waals surface area contributed by atoms with E-state index in [1.807, 2.05) is 24.3 Å². The number of hydrogen-bond donors (Lipinski definition) is 1. The number of fused-ring (bicyclic) bond motifs is 1. The zero-order valence-corrected chi connectivity index (χ0v) is 17.3. The van der Waals surface area contributed by atoms with E-state index in [9.17, 15) is 9.59 Å². The van der Waals surface area contributed by atoms with Gasteiger partial charge in [0, 0.05) is 23.6 Å². The Labute approximate surface area is 177 Å². The number of anilines is 1. The van der Waals surface area contributed by atoms with Gasteiger partial charge in [0.15, 0.2) is 6.10 Å². The van der Waals surface area contributed by atoms with Crippen molar-refractivity contribution in [1.29, 1.82) is 0 Å². The topological polar surface area (TPSA) is 81.2 Å². The molecule has 1 atom stereocenters. The van der Waals surface area contributed by atoms with Crippen LogP contribution in [0.1, 0.15) is 22.8 Å². The van der Waals surface area contributed by atoms with Crippen molar-refractivity contribution in [3.05, 3.63) is 78.1 Å². The average Bonchev–Trinajstić information content (AvgIpc) is 3.18. The Morgan fingerprint density at radius 1 is 1.10 bits per heavy atom. The molecule has 0 unspecified atom stereocenters. The molecule has 4 rings (SSSR count). The number of rotatable bonds is 5. The Kier molecular flexibility index (Phi) is 5.54. The largest absolute Gasteiger partial charge is 0.449 e. The van der Waals surface area contributed by atoms with E-state index in [0.717, 1.165) is 20.8 Å². The third kappa shape index (κ3) is 4.36. The lowest BCUT2D eigenvalue weighted by Gasteiger charge is -2.13. The van der Waals surface area contributed by atoms with Gasteiger partial charge in [0.25, 0.3) is 5.91 Å². The fourth-order valence-electron chi connectivity index (χ4n) is 2.86. The molecule has 1 N–H and O–H groups in total. The van der Waals surface area contributed by atoms with E-state index in [1.54, 1.807) is 41.8 Å². The second kappa shape index (κ2) is 8.42. The van der Waals surface area contributed by atoms with Crippen molar-refractivity contribution in [2.75, 3.05) is 5.32 Å². The normalized spacial score (nSPS) is 11.8. The predicted octanol–water partition coefficient (Wildman–Crippen LogP) is 4.85. The third-order valence-corrected chi connectivity index (χ3v) is 5.56. The SMILES string of the molecule is Cc1ccc2nc(-c3ccc(NC(=O)[C@H](C)OC(=O)c4cccnc4)cc3)sc2c1. The second-order valence-corrected chi connectivity index (χ2v) is 7.88. The van der Waals surface area contributed by atoms with Gasteiger partial charge in [0.2, 0.25) is 0 Å². The van der Waals surface area contributed by atoms with E-state index >= 15 is 0 Å². The average molecular weight is 417 g/mol. The van der Waals surface area contributed by atoms with Crippen LogP contribution in [0.25, 0.3) is 20.8 Å². The highest BCUT2D eigenvalue weighted by Gasteiger charge is 2.19. The van der Waals surface area contributed by atoms with Crippen LogP contribution < -0.4 is 5.32 Å². The number of pyridine rings is 1. The molecule has 0 bridgehead atoms. The summed E-state index contributed by atoms with van der Waals surface area (Å²) in [6.45, 7) is 3.59. The first-order chi connectivity index (χ1) is 14.5. The van der Waals surface area contributed by atoms with Crippen LogP contribution in [0.3, 0.4) is 0 Å². The first-order valence-corrected chi connectivity index (χ1v) is 10.2. The Morgan fingerprint density at radius 2 is 1.90 bits per heavy atom. The fourth-order valence-corrected chi connectivity index (χ4v) is 3.93. The van der Waals surface area contributed by atoms with Crippen molar-refractivity contribution in [1.82, 2.24) is 9.97 Å². The highest BCUT2D eigenvalue weighted by molar-refractivity contribution is 7.21. The van der Waals surface area contributed by atoms with Gasteiger partial charge in [-0.1, -0.05) is 6.07 Å². The summed E-state index contributed by atoms with van der Waals surface area (Å²) in [5.74, 6) is -0.998. The van der Waals surface area contributed by atoms with E-state index < -0.39 is 18.0 Å². The van der Waals surface area contributed by atoms with Gasteiger partial charge < -0.3 is 10.1 Å². The number of hydrogen-bond acceptors (Lipinski definition) is 6. The van der Waals surface area contributed by atoms with Crippen LogP contribution in [0.5, 0.6) is 0 Å².